The maximum atomic E-state index is 14.1. The third-order valence-corrected chi connectivity index (χ3v) is 3.99. The first-order chi connectivity index (χ1) is 12.9. The molecule has 0 aliphatic carbocycles. The van der Waals surface area contributed by atoms with E-state index < -0.39 is 17.6 Å². The van der Waals surface area contributed by atoms with E-state index in [1.165, 1.54) is 37.4 Å². The van der Waals surface area contributed by atoms with E-state index in [4.69, 9.17) is 21.1 Å². The summed E-state index contributed by atoms with van der Waals surface area (Å²) in [6.07, 6.45) is 1.01. The van der Waals surface area contributed by atoms with Crippen LogP contribution in [0.3, 0.4) is 0 Å². The van der Waals surface area contributed by atoms with Crippen LogP contribution >= 0.6 is 11.6 Å². The highest BCUT2D eigenvalue weighted by molar-refractivity contribution is 6.32. The summed E-state index contributed by atoms with van der Waals surface area (Å²) in [5.74, 6) is -3.01. The molecule has 0 unspecified atom stereocenters. The summed E-state index contributed by atoms with van der Waals surface area (Å²) in [4.78, 5) is 15.4. The van der Waals surface area contributed by atoms with E-state index in [9.17, 15) is 18.7 Å². The number of halogens is 3. The molecule has 0 bridgehead atoms. The molecular weight excluding hydrogens is 380 g/mol. The number of carboxylic acid groups (broad SMARTS) is 1. The largest absolute Gasteiger partial charge is 0.497 e. The fraction of sp³-hybridized carbons (Fsp3) is 0.0526. The van der Waals surface area contributed by atoms with Gasteiger partial charge in [-0.1, -0.05) is 17.7 Å². The normalized spacial score (nSPS) is 10.5. The number of aromatic carboxylic acids is 1. The highest BCUT2D eigenvalue weighted by Crippen LogP contribution is 2.36. The summed E-state index contributed by atoms with van der Waals surface area (Å²) in [5.41, 5.74) is -0.394. The monoisotopic (exact) mass is 391 g/mol. The number of ether oxygens (including phenoxy) is 2. The minimum atomic E-state index is -1.30. The summed E-state index contributed by atoms with van der Waals surface area (Å²) in [6.45, 7) is 0. The number of hydrogen-bond donors (Lipinski definition) is 1. The van der Waals surface area contributed by atoms with Crippen LogP contribution in [-0.2, 0) is 0 Å². The van der Waals surface area contributed by atoms with Crippen LogP contribution in [0.4, 0.5) is 8.78 Å². The van der Waals surface area contributed by atoms with E-state index in [2.05, 4.69) is 4.98 Å². The van der Waals surface area contributed by atoms with Gasteiger partial charge < -0.3 is 14.6 Å². The lowest BCUT2D eigenvalue weighted by molar-refractivity contribution is 0.0693. The van der Waals surface area contributed by atoms with Gasteiger partial charge in [0.25, 0.3) is 0 Å². The molecule has 8 heteroatoms. The molecule has 27 heavy (non-hydrogen) atoms. The minimum Gasteiger partial charge on any atom is -0.497 e. The van der Waals surface area contributed by atoms with Crippen LogP contribution in [0.25, 0.3) is 11.3 Å². The predicted molar refractivity (Wildman–Crippen MR) is 94.6 cm³/mol. The van der Waals surface area contributed by atoms with Gasteiger partial charge in [-0.2, -0.15) is 0 Å². The molecule has 0 atom stereocenters. The molecule has 3 rings (SSSR count). The van der Waals surface area contributed by atoms with Crippen molar-refractivity contribution in [3.05, 3.63) is 70.9 Å². The quantitative estimate of drug-likeness (QED) is 0.649. The van der Waals surface area contributed by atoms with E-state index in [1.54, 1.807) is 6.07 Å². The third kappa shape index (κ3) is 3.83. The number of aromatic nitrogens is 1. The van der Waals surface area contributed by atoms with Crippen LogP contribution in [0.1, 0.15) is 10.4 Å². The SMILES string of the molecule is COc1ccc(Cl)c(Oc2cc(-c3cccc(F)c3F)ncc2C(=O)O)c1. The van der Waals surface area contributed by atoms with Crippen molar-refractivity contribution in [2.75, 3.05) is 7.11 Å². The van der Waals surface area contributed by atoms with Crippen molar-refractivity contribution in [3.63, 3.8) is 0 Å². The number of methoxy groups -OCH3 is 1. The van der Waals surface area contributed by atoms with Gasteiger partial charge in [-0.25, -0.2) is 13.6 Å². The fourth-order valence-corrected chi connectivity index (χ4v) is 2.49. The van der Waals surface area contributed by atoms with Crippen LogP contribution in [0.2, 0.25) is 5.02 Å². The fourth-order valence-electron chi connectivity index (χ4n) is 2.34. The highest BCUT2D eigenvalue weighted by atomic mass is 35.5. The molecule has 3 aromatic rings. The van der Waals surface area contributed by atoms with Gasteiger partial charge in [-0.3, -0.25) is 4.98 Å². The highest BCUT2D eigenvalue weighted by Gasteiger charge is 2.18. The van der Waals surface area contributed by atoms with Gasteiger partial charge in [0.1, 0.15) is 22.8 Å². The third-order valence-electron chi connectivity index (χ3n) is 3.68. The molecule has 0 saturated heterocycles. The lowest BCUT2D eigenvalue weighted by atomic mass is 10.1. The van der Waals surface area contributed by atoms with E-state index in [1.807, 2.05) is 0 Å². The van der Waals surface area contributed by atoms with Gasteiger partial charge in [-0.15, -0.1) is 0 Å². The Hall–Kier alpha value is -3.19. The van der Waals surface area contributed by atoms with Gasteiger partial charge in [0.05, 0.1) is 17.8 Å². The average molecular weight is 392 g/mol. The second-order valence-corrected chi connectivity index (χ2v) is 5.78. The number of rotatable bonds is 5. The molecule has 5 nitrogen and oxygen atoms in total. The van der Waals surface area contributed by atoms with Crippen molar-refractivity contribution >= 4 is 17.6 Å². The molecule has 0 radical (unpaired) electrons. The average Bonchev–Trinajstić information content (AvgIpc) is 2.65. The zero-order valence-electron chi connectivity index (χ0n) is 13.9. The predicted octanol–water partition coefficient (Wildman–Crippen LogP) is 5.18. The Morgan fingerprint density at radius 1 is 1.15 bits per heavy atom. The van der Waals surface area contributed by atoms with Gasteiger partial charge in [0, 0.05) is 23.9 Å². The topological polar surface area (TPSA) is 68.7 Å². The van der Waals surface area contributed by atoms with Gasteiger partial charge in [-0.05, 0) is 24.3 Å². The van der Waals surface area contributed by atoms with Crippen LogP contribution in [0.5, 0.6) is 17.2 Å². The zero-order chi connectivity index (χ0) is 19.6. The summed E-state index contributed by atoms with van der Waals surface area (Å²) >= 11 is 6.08. The van der Waals surface area contributed by atoms with Crippen LogP contribution in [-0.4, -0.2) is 23.2 Å². The number of nitrogens with zero attached hydrogens (tertiary/aromatic N) is 1. The Labute approximate surface area is 157 Å². The number of carboxylic acids is 1. The first-order valence-corrected chi connectivity index (χ1v) is 7.97. The lowest BCUT2D eigenvalue weighted by Crippen LogP contribution is -2.03. The number of hydrogen-bond acceptors (Lipinski definition) is 4. The van der Waals surface area contributed by atoms with Gasteiger partial charge >= 0.3 is 5.97 Å². The van der Waals surface area contributed by atoms with Crippen molar-refractivity contribution in [3.8, 4) is 28.5 Å². The van der Waals surface area contributed by atoms with Crippen molar-refractivity contribution in [2.45, 2.75) is 0 Å². The van der Waals surface area contributed by atoms with Gasteiger partial charge in [0.15, 0.2) is 11.6 Å². The summed E-state index contributed by atoms with van der Waals surface area (Å²) in [5, 5.41) is 9.57. The number of pyridine rings is 1. The molecule has 1 heterocycles. The Balaban J connectivity index is 2.10. The molecule has 2 aromatic carbocycles. The lowest BCUT2D eigenvalue weighted by Gasteiger charge is -2.13. The Morgan fingerprint density at radius 3 is 2.63 bits per heavy atom. The maximum Gasteiger partial charge on any atom is 0.341 e. The molecular formula is C19H12ClF2NO4. The number of carbonyl (C=O) groups is 1. The van der Waals surface area contributed by atoms with E-state index in [-0.39, 0.29) is 33.3 Å². The van der Waals surface area contributed by atoms with Crippen molar-refractivity contribution < 1.29 is 28.2 Å². The summed E-state index contributed by atoms with van der Waals surface area (Å²) in [6, 6.07) is 9.41. The minimum absolute atomic E-state index is 0.00557. The first-order valence-electron chi connectivity index (χ1n) is 7.60. The first kappa shape index (κ1) is 18.6. The number of benzene rings is 2. The molecule has 0 amide bonds. The molecule has 0 saturated carbocycles. The van der Waals surface area contributed by atoms with Crippen LogP contribution in [0.15, 0.2) is 48.7 Å². The summed E-state index contributed by atoms with van der Waals surface area (Å²) < 4.78 is 38.3. The van der Waals surface area contributed by atoms with Gasteiger partial charge in [0.2, 0.25) is 0 Å². The molecule has 0 fully saturated rings. The second-order valence-electron chi connectivity index (χ2n) is 5.37. The molecule has 1 N–H and O–H groups in total. The Bertz CT molecular complexity index is 1030. The van der Waals surface area contributed by atoms with E-state index in [0.29, 0.717) is 5.75 Å². The van der Waals surface area contributed by atoms with Crippen LogP contribution < -0.4 is 9.47 Å². The van der Waals surface area contributed by atoms with E-state index >= 15 is 0 Å². The maximum absolute atomic E-state index is 14.1. The molecule has 0 spiro atoms. The van der Waals surface area contributed by atoms with Crippen molar-refractivity contribution in [2.24, 2.45) is 0 Å². The smallest absolute Gasteiger partial charge is 0.341 e. The molecule has 0 aliphatic heterocycles. The molecule has 138 valence electrons. The molecule has 0 aliphatic rings. The summed E-state index contributed by atoms with van der Waals surface area (Å²) in [7, 11) is 1.45. The van der Waals surface area contributed by atoms with E-state index in [0.717, 1.165) is 12.3 Å². The van der Waals surface area contributed by atoms with Crippen LogP contribution in [0, 0.1) is 11.6 Å². The van der Waals surface area contributed by atoms with Crippen molar-refractivity contribution in [1.82, 2.24) is 4.98 Å². The zero-order valence-corrected chi connectivity index (χ0v) is 14.6. The second kappa shape index (κ2) is 7.59. The Morgan fingerprint density at radius 2 is 1.93 bits per heavy atom. The van der Waals surface area contributed by atoms with Crippen molar-refractivity contribution in [1.29, 1.82) is 0 Å². The molecule has 1 aromatic heterocycles. The standard InChI is InChI=1S/C19H12ClF2NO4/c1-26-10-5-6-13(20)17(7-10)27-16-8-15(23-9-12(16)19(24)25)11-3-2-4-14(21)18(11)22/h2-9H,1H3,(H,24,25). The Kier molecular flexibility index (Phi) is 5.23.